The fraction of sp³-hybridized carbons (Fsp3) is 0.875. The summed E-state index contributed by atoms with van der Waals surface area (Å²) in [6, 6.07) is 0.406. The molecular weight excluding hydrogens is 266 g/mol. The molecule has 5 nitrogen and oxygen atoms in total. The minimum absolute atomic E-state index is 0.0146. The maximum Gasteiger partial charge on any atom is 0.234 e. The van der Waals surface area contributed by atoms with Crippen LogP contribution >= 0.6 is 0 Å². The van der Waals surface area contributed by atoms with Crippen LogP contribution in [0.5, 0.6) is 0 Å². The molecule has 0 saturated heterocycles. The zero-order valence-electron chi connectivity index (χ0n) is 14.1. The summed E-state index contributed by atoms with van der Waals surface area (Å²) in [4.78, 5) is 25.5. The van der Waals surface area contributed by atoms with E-state index in [-0.39, 0.29) is 37.0 Å². The summed E-state index contributed by atoms with van der Waals surface area (Å²) < 4.78 is 0. The maximum absolute atomic E-state index is 12.1. The van der Waals surface area contributed by atoms with Gasteiger partial charge in [-0.25, -0.2) is 0 Å². The monoisotopic (exact) mass is 297 g/mol. The van der Waals surface area contributed by atoms with Crippen LogP contribution in [0.2, 0.25) is 0 Å². The maximum atomic E-state index is 12.1. The number of carbonyl (C=O) groups excluding carboxylic acids is 2. The molecule has 0 heterocycles. The van der Waals surface area contributed by atoms with Crippen LogP contribution in [-0.2, 0) is 9.59 Å². The van der Waals surface area contributed by atoms with Gasteiger partial charge < -0.3 is 10.6 Å². The van der Waals surface area contributed by atoms with Crippen molar-refractivity contribution in [2.45, 2.75) is 59.0 Å². The Morgan fingerprint density at radius 1 is 1.14 bits per heavy atom. The number of likely N-dealkylation sites (N-methyl/N-ethyl adjacent to an activating group) is 1. The van der Waals surface area contributed by atoms with Gasteiger partial charge in [-0.3, -0.25) is 14.5 Å². The van der Waals surface area contributed by atoms with Gasteiger partial charge in [0.1, 0.15) is 0 Å². The van der Waals surface area contributed by atoms with Gasteiger partial charge in [-0.2, -0.15) is 0 Å². The predicted molar refractivity (Wildman–Crippen MR) is 84.9 cm³/mol. The Labute approximate surface area is 128 Å². The summed E-state index contributed by atoms with van der Waals surface area (Å²) in [5, 5.41) is 5.96. The Kier molecular flexibility index (Phi) is 7.15. The first kappa shape index (κ1) is 18.0. The molecule has 1 aliphatic rings. The van der Waals surface area contributed by atoms with Gasteiger partial charge in [-0.15, -0.1) is 0 Å². The second-order valence-corrected chi connectivity index (χ2v) is 6.84. The van der Waals surface area contributed by atoms with E-state index in [1.165, 1.54) is 12.8 Å². The molecule has 1 saturated carbocycles. The largest absolute Gasteiger partial charge is 0.353 e. The average Bonchev–Trinajstić information content (AvgIpc) is 2.33. The quantitative estimate of drug-likeness (QED) is 0.779. The molecule has 0 radical (unpaired) electrons. The second kappa shape index (κ2) is 8.37. The molecule has 21 heavy (non-hydrogen) atoms. The molecule has 0 spiro atoms. The van der Waals surface area contributed by atoms with E-state index in [1.54, 1.807) is 11.9 Å². The Hall–Kier alpha value is -1.10. The van der Waals surface area contributed by atoms with Crippen LogP contribution in [0.3, 0.4) is 0 Å². The summed E-state index contributed by atoms with van der Waals surface area (Å²) in [5.74, 6) is 1.16. The van der Waals surface area contributed by atoms with Crippen LogP contribution in [0.15, 0.2) is 0 Å². The molecule has 5 heteroatoms. The van der Waals surface area contributed by atoms with Gasteiger partial charge in [-0.1, -0.05) is 26.7 Å². The molecule has 0 aromatic heterocycles. The fourth-order valence-electron chi connectivity index (χ4n) is 2.95. The molecule has 0 unspecified atom stereocenters. The van der Waals surface area contributed by atoms with Gasteiger partial charge in [0.15, 0.2) is 0 Å². The first-order valence-electron chi connectivity index (χ1n) is 8.06. The summed E-state index contributed by atoms with van der Waals surface area (Å²) in [6.45, 7) is 8.84. The van der Waals surface area contributed by atoms with E-state index in [0.717, 1.165) is 6.42 Å². The summed E-state index contributed by atoms with van der Waals surface area (Å²) in [7, 11) is 1.80. The molecular formula is C16H31N3O2. The van der Waals surface area contributed by atoms with Crippen LogP contribution in [0.4, 0.5) is 0 Å². The lowest BCUT2D eigenvalue weighted by Gasteiger charge is -2.34. The Morgan fingerprint density at radius 2 is 1.76 bits per heavy atom. The first-order valence-corrected chi connectivity index (χ1v) is 8.06. The van der Waals surface area contributed by atoms with Crippen LogP contribution in [0, 0.1) is 11.8 Å². The van der Waals surface area contributed by atoms with Crippen molar-refractivity contribution in [3.05, 3.63) is 0 Å². The van der Waals surface area contributed by atoms with E-state index in [4.69, 9.17) is 0 Å². The second-order valence-electron chi connectivity index (χ2n) is 6.84. The van der Waals surface area contributed by atoms with Crippen molar-refractivity contribution in [2.75, 3.05) is 20.1 Å². The molecule has 1 rings (SSSR count). The third-order valence-electron chi connectivity index (χ3n) is 4.33. The van der Waals surface area contributed by atoms with Gasteiger partial charge in [0.05, 0.1) is 13.1 Å². The molecule has 0 aliphatic heterocycles. The highest BCUT2D eigenvalue weighted by Crippen LogP contribution is 2.29. The third-order valence-corrected chi connectivity index (χ3v) is 4.33. The van der Waals surface area contributed by atoms with Crippen LogP contribution in [0.25, 0.3) is 0 Å². The highest BCUT2D eigenvalue weighted by Gasteiger charge is 2.28. The molecule has 122 valence electrons. The first-order chi connectivity index (χ1) is 9.79. The standard InChI is InChI=1S/C16H31N3O2/c1-11(2)17-15(20)9-19(5)10-16(21)18-14-8-6-7-12(3)13(14)4/h11-14H,6-10H2,1-5H3,(H,17,20)(H,18,21)/t12-,13-,14-/m1/s1. The van der Waals surface area contributed by atoms with Gasteiger partial charge in [0.2, 0.25) is 11.8 Å². The smallest absolute Gasteiger partial charge is 0.234 e. The van der Waals surface area contributed by atoms with Crippen molar-refractivity contribution in [1.29, 1.82) is 0 Å². The minimum atomic E-state index is -0.0417. The van der Waals surface area contributed by atoms with E-state index in [9.17, 15) is 9.59 Å². The lowest BCUT2D eigenvalue weighted by atomic mass is 9.78. The molecule has 0 bridgehead atoms. The van der Waals surface area contributed by atoms with Crippen LogP contribution < -0.4 is 10.6 Å². The number of amides is 2. The SMILES string of the molecule is CC(C)NC(=O)CN(C)CC(=O)N[C@@H]1CCC[C@@H](C)[C@H]1C. The zero-order valence-corrected chi connectivity index (χ0v) is 14.1. The number of rotatable bonds is 6. The third kappa shape index (κ3) is 6.46. The Bertz CT molecular complexity index is 357. The number of nitrogens with one attached hydrogen (secondary N) is 2. The molecule has 1 aliphatic carbocycles. The normalized spacial score (nSPS) is 26.0. The molecule has 0 aromatic carbocycles. The summed E-state index contributed by atoms with van der Waals surface area (Å²) in [5.41, 5.74) is 0. The number of hydrogen-bond donors (Lipinski definition) is 2. The zero-order chi connectivity index (χ0) is 16.0. The number of hydrogen-bond acceptors (Lipinski definition) is 3. The van der Waals surface area contributed by atoms with Crippen molar-refractivity contribution < 1.29 is 9.59 Å². The highest BCUT2D eigenvalue weighted by atomic mass is 16.2. The van der Waals surface area contributed by atoms with Gasteiger partial charge in [0, 0.05) is 12.1 Å². The van der Waals surface area contributed by atoms with E-state index in [1.807, 2.05) is 13.8 Å². The lowest BCUT2D eigenvalue weighted by molar-refractivity contribution is -0.125. The molecule has 0 aromatic rings. The number of carbonyl (C=O) groups is 2. The Morgan fingerprint density at radius 3 is 2.38 bits per heavy atom. The van der Waals surface area contributed by atoms with Crippen molar-refractivity contribution in [3.8, 4) is 0 Å². The number of nitrogens with zero attached hydrogens (tertiary/aromatic N) is 1. The van der Waals surface area contributed by atoms with Crippen molar-refractivity contribution in [2.24, 2.45) is 11.8 Å². The molecule has 2 N–H and O–H groups in total. The van der Waals surface area contributed by atoms with E-state index < -0.39 is 0 Å². The van der Waals surface area contributed by atoms with Gasteiger partial charge in [-0.05, 0) is 39.2 Å². The van der Waals surface area contributed by atoms with Crippen molar-refractivity contribution >= 4 is 11.8 Å². The van der Waals surface area contributed by atoms with E-state index in [2.05, 4.69) is 24.5 Å². The van der Waals surface area contributed by atoms with E-state index in [0.29, 0.717) is 11.8 Å². The molecule has 2 amide bonds. The van der Waals surface area contributed by atoms with Crippen LogP contribution in [0.1, 0.15) is 47.0 Å². The summed E-state index contributed by atoms with van der Waals surface area (Å²) >= 11 is 0. The molecule has 1 fully saturated rings. The lowest BCUT2D eigenvalue weighted by Crippen LogP contribution is -2.48. The minimum Gasteiger partial charge on any atom is -0.353 e. The van der Waals surface area contributed by atoms with Crippen molar-refractivity contribution in [3.63, 3.8) is 0 Å². The van der Waals surface area contributed by atoms with Gasteiger partial charge in [0.25, 0.3) is 0 Å². The highest BCUT2D eigenvalue weighted by molar-refractivity contribution is 5.81. The average molecular weight is 297 g/mol. The molecule has 3 atom stereocenters. The van der Waals surface area contributed by atoms with Crippen LogP contribution in [-0.4, -0.2) is 48.9 Å². The van der Waals surface area contributed by atoms with Gasteiger partial charge >= 0.3 is 0 Å². The fourth-order valence-corrected chi connectivity index (χ4v) is 2.95. The predicted octanol–water partition coefficient (Wildman–Crippen LogP) is 1.38. The summed E-state index contributed by atoms with van der Waals surface area (Å²) in [6.07, 6.45) is 3.50. The van der Waals surface area contributed by atoms with Crippen molar-refractivity contribution in [1.82, 2.24) is 15.5 Å². The topological polar surface area (TPSA) is 61.4 Å². The Balaban J connectivity index is 2.34. The van der Waals surface area contributed by atoms with E-state index >= 15 is 0 Å².